The van der Waals surface area contributed by atoms with Gasteiger partial charge in [-0.15, -0.1) is 0 Å². The fourth-order valence-corrected chi connectivity index (χ4v) is 4.78. The van der Waals surface area contributed by atoms with Gasteiger partial charge in [0.25, 0.3) is 17.4 Å². The van der Waals surface area contributed by atoms with Crippen molar-refractivity contribution in [2.75, 3.05) is 12.3 Å². The summed E-state index contributed by atoms with van der Waals surface area (Å²) in [4.78, 5) is 44.3. The lowest BCUT2D eigenvalue weighted by Gasteiger charge is -2.15. The quantitative estimate of drug-likeness (QED) is 0.194. The first-order chi connectivity index (χ1) is 15.6. The molecule has 0 bridgehead atoms. The molecule has 32 heavy (non-hydrogen) atoms. The molecule has 158 valence electrons. The summed E-state index contributed by atoms with van der Waals surface area (Å²) in [5, 5.41) is 1.15. The molecule has 4 aromatic rings. The molecular weight excluding hydrogens is 422 g/mol. The molecule has 0 unspecified atom stereocenters. The van der Waals surface area contributed by atoms with E-state index in [9.17, 15) is 14.4 Å². The molecule has 6 nitrogen and oxygen atoms in total. The summed E-state index contributed by atoms with van der Waals surface area (Å²) in [7, 11) is 0. The Balaban J connectivity index is 1.37. The third-order valence-corrected chi connectivity index (χ3v) is 6.42. The maximum Gasteiger partial charge on any atom is 0.266 e. The molecule has 0 N–H and O–H groups in total. The van der Waals surface area contributed by atoms with E-state index in [1.807, 2.05) is 48.5 Å². The van der Waals surface area contributed by atoms with Crippen molar-refractivity contribution in [1.29, 1.82) is 0 Å². The van der Waals surface area contributed by atoms with E-state index in [2.05, 4.69) is 0 Å². The van der Waals surface area contributed by atoms with Crippen molar-refractivity contribution in [3.05, 3.63) is 100 Å². The molecule has 5 rings (SSSR count). The van der Waals surface area contributed by atoms with Gasteiger partial charge in [-0.2, -0.15) is 0 Å². The standard InChI is InChI=1S/C25H19N3O3S/c29-22-18-11-4-5-12-19(18)23(30)27(22)15-8-16-32-25-26-21-14-7-6-13-20(21)24(31)28(25)17-9-2-1-3-10-17/h1-7,9-14H,8,15-16H2. The largest absolute Gasteiger partial charge is 0.274 e. The molecule has 2 amide bonds. The number of rotatable bonds is 6. The highest BCUT2D eigenvalue weighted by Gasteiger charge is 2.34. The monoisotopic (exact) mass is 441 g/mol. The van der Waals surface area contributed by atoms with Crippen LogP contribution in [0, 0.1) is 0 Å². The van der Waals surface area contributed by atoms with Crippen LogP contribution in [0.3, 0.4) is 0 Å². The van der Waals surface area contributed by atoms with E-state index < -0.39 is 0 Å². The molecule has 0 atom stereocenters. The van der Waals surface area contributed by atoms with Gasteiger partial charge < -0.3 is 0 Å². The van der Waals surface area contributed by atoms with E-state index in [0.717, 1.165) is 5.69 Å². The fourth-order valence-electron chi connectivity index (χ4n) is 3.84. The van der Waals surface area contributed by atoms with E-state index >= 15 is 0 Å². The lowest BCUT2D eigenvalue weighted by atomic mass is 10.1. The third-order valence-electron chi connectivity index (χ3n) is 5.39. The summed E-state index contributed by atoms with van der Waals surface area (Å²) in [6.07, 6.45) is 0.591. The lowest BCUT2D eigenvalue weighted by Crippen LogP contribution is -2.31. The second kappa shape index (κ2) is 8.43. The number of para-hydroxylation sites is 2. The summed E-state index contributed by atoms with van der Waals surface area (Å²) in [6.45, 7) is 0.322. The van der Waals surface area contributed by atoms with Crippen molar-refractivity contribution in [3.63, 3.8) is 0 Å². The number of benzene rings is 3. The van der Waals surface area contributed by atoms with Crippen LogP contribution in [0.5, 0.6) is 0 Å². The number of nitrogens with zero attached hydrogens (tertiary/aromatic N) is 3. The van der Waals surface area contributed by atoms with Gasteiger partial charge in [-0.25, -0.2) is 4.98 Å². The minimum atomic E-state index is -0.249. The third kappa shape index (κ3) is 3.50. The molecule has 0 fully saturated rings. The van der Waals surface area contributed by atoms with E-state index in [1.54, 1.807) is 34.9 Å². The Bertz CT molecular complexity index is 1360. The van der Waals surface area contributed by atoms with Crippen LogP contribution in [0.2, 0.25) is 0 Å². The van der Waals surface area contributed by atoms with Gasteiger partial charge in [-0.1, -0.05) is 54.2 Å². The molecule has 0 aliphatic carbocycles. The number of amides is 2. The van der Waals surface area contributed by atoms with Crippen LogP contribution < -0.4 is 5.56 Å². The van der Waals surface area contributed by atoms with Gasteiger partial charge in [0.15, 0.2) is 5.16 Å². The normalized spacial score (nSPS) is 13.1. The molecular formula is C25H19N3O3S. The van der Waals surface area contributed by atoms with E-state index in [4.69, 9.17) is 4.98 Å². The van der Waals surface area contributed by atoms with Crippen LogP contribution in [-0.4, -0.2) is 38.6 Å². The zero-order valence-corrected chi connectivity index (χ0v) is 17.9. The minimum absolute atomic E-state index is 0.121. The Morgan fingerprint density at radius 1 is 0.750 bits per heavy atom. The van der Waals surface area contributed by atoms with Crippen molar-refractivity contribution < 1.29 is 9.59 Å². The first kappa shape index (κ1) is 20.2. The van der Waals surface area contributed by atoms with Crippen LogP contribution in [0.4, 0.5) is 0 Å². The van der Waals surface area contributed by atoms with Gasteiger partial charge in [0, 0.05) is 12.3 Å². The topological polar surface area (TPSA) is 72.3 Å². The van der Waals surface area contributed by atoms with Gasteiger partial charge in [-0.3, -0.25) is 23.9 Å². The number of carbonyl (C=O) groups excluding carboxylic acids is 2. The highest BCUT2D eigenvalue weighted by molar-refractivity contribution is 7.99. The van der Waals surface area contributed by atoms with E-state index in [1.165, 1.54) is 16.7 Å². The summed E-state index contributed by atoms with van der Waals surface area (Å²) in [5.41, 5.74) is 2.19. The highest BCUT2D eigenvalue weighted by atomic mass is 32.2. The molecule has 0 saturated heterocycles. The summed E-state index contributed by atoms with van der Waals surface area (Å²) >= 11 is 1.44. The Labute approximate surface area is 188 Å². The maximum atomic E-state index is 13.2. The Kier molecular flexibility index (Phi) is 5.33. The predicted molar refractivity (Wildman–Crippen MR) is 124 cm³/mol. The van der Waals surface area contributed by atoms with Crippen LogP contribution in [0.25, 0.3) is 16.6 Å². The first-order valence-corrected chi connectivity index (χ1v) is 11.3. The second-order valence-electron chi connectivity index (χ2n) is 7.40. The van der Waals surface area contributed by atoms with Crippen molar-refractivity contribution >= 4 is 34.5 Å². The number of aromatic nitrogens is 2. The first-order valence-electron chi connectivity index (χ1n) is 10.3. The summed E-state index contributed by atoms with van der Waals surface area (Å²) in [5.74, 6) is 0.103. The lowest BCUT2D eigenvalue weighted by molar-refractivity contribution is 0.0655. The van der Waals surface area contributed by atoms with Crippen molar-refractivity contribution in [1.82, 2.24) is 14.5 Å². The maximum absolute atomic E-state index is 13.2. The van der Waals surface area contributed by atoms with Crippen LogP contribution >= 0.6 is 11.8 Å². The predicted octanol–water partition coefficient (Wildman–Crippen LogP) is 4.16. The summed E-state index contributed by atoms with van der Waals surface area (Å²) in [6, 6.07) is 23.6. The highest BCUT2D eigenvalue weighted by Crippen LogP contribution is 2.25. The number of hydrogen-bond acceptors (Lipinski definition) is 5. The zero-order chi connectivity index (χ0) is 22.1. The number of carbonyl (C=O) groups is 2. The average molecular weight is 442 g/mol. The van der Waals surface area contributed by atoms with Crippen LogP contribution in [-0.2, 0) is 0 Å². The minimum Gasteiger partial charge on any atom is -0.274 e. The van der Waals surface area contributed by atoms with Crippen molar-refractivity contribution in [2.45, 2.75) is 11.6 Å². The van der Waals surface area contributed by atoms with Gasteiger partial charge in [0.05, 0.1) is 27.7 Å². The fraction of sp³-hybridized carbons (Fsp3) is 0.120. The van der Waals surface area contributed by atoms with Gasteiger partial charge in [0.1, 0.15) is 0 Å². The van der Waals surface area contributed by atoms with E-state index in [-0.39, 0.29) is 17.4 Å². The Morgan fingerprint density at radius 2 is 1.38 bits per heavy atom. The van der Waals surface area contributed by atoms with Gasteiger partial charge >= 0.3 is 0 Å². The molecule has 0 saturated carbocycles. The average Bonchev–Trinajstić information content (AvgIpc) is 3.07. The van der Waals surface area contributed by atoms with Gasteiger partial charge in [-0.05, 0) is 42.8 Å². The Hall–Kier alpha value is -3.71. The Morgan fingerprint density at radius 3 is 2.09 bits per heavy atom. The van der Waals surface area contributed by atoms with E-state index in [0.29, 0.717) is 45.9 Å². The zero-order valence-electron chi connectivity index (χ0n) is 17.1. The second-order valence-corrected chi connectivity index (χ2v) is 8.46. The number of fused-ring (bicyclic) bond motifs is 2. The number of thioether (sulfide) groups is 1. The van der Waals surface area contributed by atoms with Crippen molar-refractivity contribution in [3.8, 4) is 5.69 Å². The molecule has 1 aliphatic heterocycles. The molecule has 1 aromatic heterocycles. The van der Waals surface area contributed by atoms with Crippen LogP contribution in [0.1, 0.15) is 27.1 Å². The molecule has 2 heterocycles. The summed E-state index contributed by atoms with van der Waals surface area (Å²) < 4.78 is 1.62. The molecule has 7 heteroatoms. The van der Waals surface area contributed by atoms with Gasteiger partial charge in [0.2, 0.25) is 0 Å². The molecule has 1 aliphatic rings. The molecule has 0 spiro atoms. The smallest absolute Gasteiger partial charge is 0.266 e. The number of hydrogen-bond donors (Lipinski definition) is 0. The number of imide groups is 1. The molecule has 3 aromatic carbocycles. The van der Waals surface area contributed by atoms with Crippen molar-refractivity contribution in [2.24, 2.45) is 0 Å². The molecule has 0 radical (unpaired) electrons. The van der Waals surface area contributed by atoms with Crippen LogP contribution in [0.15, 0.2) is 88.8 Å². The SMILES string of the molecule is O=C1c2ccccc2C(=O)N1CCCSc1nc2ccccc2c(=O)n1-c1ccccc1.